The maximum Gasteiger partial charge on any atom is 0.416 e. The molecule has 0 spiro atoms. The summed E-state index contributed by atoms with van der Waals surface area (Å²) in [6.45, 7) is 3.55. The zero-order chi connectivity index (χ0) is 16.5. The van der Waals surface area contributed by atoms with E-state index < -0.39 is 22.7 Å². The standard InChI is InChI=1S/C16H17ClF3NO/c1-10-4-5-11(8-13(10)16(18,19)20)12-6-7-21-14(17)15(12,2)9-22-3/h4-8,14H,9H2,1-3H3. The van der Waals surface area contributed by atoms with Gasteiger partial charge in [-0.05, 0) is 42.7 Å². The molecule has 1 heterocycles. The van der Waals surface area contributed by atoms with Gasteiger partial charge in [-0.1, -0.05) is 23.7 Å². The SMILES string of the molecule is COCC1(C)C(c2ccc(C)c(C(F)(F)F)c2)=CC=NC1Cl. The van der Waals surface area contributed by atoms with Crippen molar-refractivity contribution >= 4 is 23.4 Å². The summed E-state index contributed by atoms with van der Waals surface area (Å²) in [5, 5.41) is 0. The van der Waals surface area contributed by atoms with Crippen LogP contribution < -0.4 is 0 Å². The summed E-state index contributed by atoms with van der Waals surface area (Å²) in [5.74, 6) is 0. The molecule has 2 nitrogen and oxygen atoms in total. The smallest absolute Gasteiger partial charge is 0.384 e. The average Bonchev–Trinajstić information content (AvgIpc) is 2.42. The molecule has 6 heteroatoms. The quantitative estimate of drug-likeness (QED) is 0.581. The Morgan fingerprint density at radius 2 is 2.05 bits per heavy atom. The molecule has 0 fully saturated rings. The van der Waals surface area contributed by atoms with Crippen LogP contribution >= 0.6 is 11.6 Å². The Labute approximate surface area is 132 Å². The third-order valence-electron chi connectivity index (χ3n) is 3.90. The van der Waals surface area contributed by atoms with Crippen LogP contribution in [0.1, 0.15) is 23.6 Å². The molecule has 1 aliphatic heterocycles. The van der Waals surface area contributed by atoms with E-state index in [-0.39, 0.29) is 12.2 Å². The Bertz CT molecular complexity index is 624. The number of aryl methyl sites for hydroxylation is 1. The maximum absolute atomic E-state index is 13.1. The lowest BCUT2D eigenvalue weighted by Gasteiger charge is -2.36. The van der Waals surface area contributed by atoms with Gasteiger partial charge in [0, 0.05) is 13.3 Å². The zero-order valence-corrected chi connectivity index (χ0v) is 13.3. The molecule has 0 N–H and O–H groups in total. The summed E-state index contributed by atoms with van der Waals surface area (Å²) in [7, 11) is 1.53. The van der Waals surface area contributed by atoms with E-state index in [1.807, 2.05) is 6.92 Å². The lowest BCUT2D eigenvalue weighted by molar-refractivity contribution is -0.138. The van der Waals surface area contributed by atoms with Crippen LogP contribution in [0, 0.1) is 12.3 Å². The molecule has 2 rings (SSSR count). The number of nitrogens with zero attached hydrogens (tertiary/aromatic N) is 1. The van der Waals surface area contributed by atoms with E-state index in [1.54, 1.807) is 12.1 Å². The van der Waals surface area contributed by atoms with Gasteiger partial charge in [0.15, 0.2) is 0 Å². The Hall–Kier alpha value is -1.33. The topological polar surface area (TPSA) is 21.6 Å². The van der Waals surface area contributed by atoms with Gasteiger partial charge >= 0.3 is 6.18 Å². The fourth-order valence-corrected chi connectivity index (χ4v) is 2.89. The van der Waals surface area contributed by atoms with Crippen molar-refractivity contribution in [1.29, 1.82) is 0 Å². The summed E-state index contributed by atoms with van der Waals surface area (Å²) < 4.78 is 44.6. The van der Waals surface area contributed by atoms with E-state index in [0.717, 1.165) is 6.07 Å². The van der Waals surface area contributed by atoms with Crippen LogP contribution in [0.3, 0.4) is 0 Å². The number of alkyl halides is 4. The van der Waals surface area contributed by atoms with Gasteiger partial charge in [0.1, 0.15) is 5.50 Å². The third-order valence-corrected chi connectivity index (χ3v) is 4.49. The number of halogens is 4. The highest BCUT2D eigenvalue weighted by atomic mass is 35.5. The number of rotatable bonds is 3. The van der Waals surface area contributed by atoms with E-state index >= 15 is 0 Å². The molecule has 1 aliphatic rings. The molecule has 1 aromatic rings. The lowest BCUT2D eigenvalue weighted by atomic mass is 9.77. The Morgan fingerprint density at radius 3 is 2.64 bits per heavy atom. The summed E-state index contributed by atoms with van der Waals surface area (Å²) in [6.07, 6.45) is -1.16. The van der Waals surface area contributed by atoms with Crippen molar-refractivity contribution in [3.63, 3.8) is 0 Å². The van der Waals surface area contributed by atoms with Crippen LogP contribution in [0.25, 0.3) is 5.57 Å². The monoisotopic (exact) mass is 331 g/mol. The number of methoxy groups -OCH3 is 1. The van der Waals surface area contributed by atoms with Gasteiger partial charge in [0.25, 0.3) is 0 Å². The van der Waals surface area contributed by atoms with Gasteiger partial charge in [-0.25, -0.2) is 0 Å². The van der Waals surface area contributed by atoms with E-state index in [0.29, 0.717) is 11.1 Å². The molecule has 120 valence electrons. The first-order valence-corrected chi connectivity index (χ1v) is 7.19. The molecule has 22 heavy (non-hydrogen) atoms. The minimum absolute atomic E-state index is 0.192. The number of dihydropyridines is 1. The highest BCUT2D eigenvalue weighted by Gasteiger charge is 2.40. The van der Waals surface area contributed by atoms with E-state index in [2.05, 4.69) is 4.99 Å². The predicted octanol–water partition coefficient (Wildman–Crippen LogP) is 4.70. The summed E-state index contributed by atoms with van der Waals surface area (Å²) in [5.41, 5.74) is -0.563. The highest BCUT2D eigenvalue weighted by Crippen LogP contribution is 2.44. The van der Waals surface area contributed by atoms with Gasteiger partial charge in [-0.15, -0.1) is 0 Å². The normalized spacial score (nSPS) is 25.2. The van der Waals surface area contributed by atoms with Crippen LogP contribution in [-0.2, 0) is 10.9 Å². The summed E-state index contributed by atoms with van der Waals surface area (Å²) >= 11 is 6.27. The van der Waals surface area contributed by atoms with Gasteiger partial charge in [0.2, 0.25) is 0 Å². The van der Waals surface area contributed by atoms with Gasteiger partial charge in [-0.2, -0.15) is 13.2 Å². The third kappa shape index (κ3) is 3.06. The molecule has 2 atom stereocenters. The van der Waals surface area contributed by atoms with E-state index in [4.69, 9.17) is 16.3 Å². The molecular formula is C16H17ClF3NO. The molecule has 0 amide bonds. The first-order valence-electron chi connectivity index (χ1n) is 6.75. The number of hydrogen-bond donors (Lipinski definition) is 0. The lowest BCUT2D eigenvalue weighted by Crippen LogP contribution is -2.35. The molecule has 0 bridgehead atoms. The van der Waals surface area contributed by atoms with Gasteiger partial charge in [0.05, 0.1) is 17.6 Å². The minimum Gasteiger partial charge on any atom is -0.384 e. The van der Waals surface area contributed by atoms with Crippen LogP contribution in [0.15, 0.2) is 29.3 Å². The fraction of sp³-hybridized carbons (Fsp3) is 0.438. The minimum atomic E-state index is -4.39. The van der Waals surface area contributed by atoms with Crippen molar-refractivity contribution in [3.05, 3.63) is 41.0 Å². The fourth-order valence-electron chi connectivity index (χ4n) is 2.64. The molecule has 0 saturated heterocycles. The first kappa shape index (κ1) is 17.0. The van der Waals surface area contributed by atoms with Crippen LogP contribution in [0.5, 0.6) is 0 Å². The largest absolute Gasteiger partial charge is 0.416 e. The highest BCUT2D eigenvalue weighted by molar-refractivity contribution is 6.23. The van der Waals surface area contributed by atoms with Gasteiger partial charge < -0.3 is 4.74 Å². The maximum atomic E-state index is 13.1. The molecule has 1 aromatic carbocycles. The summed E-state index contributed by atoms with van der Waals surface area (Å²) in [6, 6.07) is 4.31. The second-order valence-electron chi connectivity index (χ2n) is 5.59. The Kier molecular flexibility index (Phi) is 4.68. The van der Waals surface area contributed by atoms with Crippen molar-refractivity contribution < 1.29 is 17.9 Å². The van der Waals surface area contributed by atoms with Gasteiger partial charge in [-0.3, -0.25) is 4.99 Å². The molecule has 0 radical (unpaired) electrons. The van der Waals surface area contributed by atoms with Crippen molar-refractivity contribution in [3.8, 4) is 0 Å². The van der Waals surface area contributed by atoms with Crippen molar-refractivity contribution in [2.75, 3.05) is 13.7 Å². The van der Waals surface area contributed by atoms with Crippen LogP contribution in [0.4, 0.5) is 13.2 Å². The number of allylic oxidation sites excluding steroid dienone is 1. The molecule has 2 unspecified atom stereocenters. The molecular weight excluding hydrogens is 315 g/mol. The first-order chi connectivity index (χ1) is 10.2. The van der Waals surface area contributed by atoms with Crippen molar-refractivity contribution in [2.45, 2.75) is 25.5 Å². The number of hydrogen-bond acceptors (Lipinski definition) is 2. The zero-order valence-electron chi connectivity index (χ0n) is 12.5. The number of benzene rings is 1. The summed E-state index contributed by atoms with van der Waals surface area (Å²) in [4.78, 5) is 4.13. The molecule has 0 aliphatic carbocycles. The van der Waals surface area contributed by atoms with Crippen molar-refractivity contribution in [1.82, 2.24) is 0 Å². The molecule has 0 saturated carbocycles. The van der Waals surface area contributed by atoms with E-state index in [9.17, 15) is 13.2 Å². The van der Waals surface area contributed by atoms with Crippen LogP contribution in [0.2, 0.25) is 0 Å². The number of aliphatic imine (C=N–C) groups is 1. The second-order valence-corrected chi connectivity index (χ2v) is 6.01. The van der Waals surface area contributed by atoms with Crippen LogP contribution in [-0.4, -0.2) is 25.4 Å². The predicted molar refractivity (Wildman–Crippen MR) is 82.3 cm³/mol. The van der Waals surface area contributed by atoms with E-state index in [1.165, 1.54) is 26.3 Å². The average molecular weight is 332 g/mol. The second kappa shape index (κ2) is 6.05. The molecule has 0 aromatic heterocycles. The Morgan fingerprint density at radius 1 is 1.36 bits per heavy atom. The van der Waals surface area contributed by atoms with Crippen molar-refractivity contribution in [2.24, 2.45) is 10.4 Å². The number of ether oxygens (including phenoxy) is 1. The Balaban J connectivity index is 2.55.